The quantitative estimate of drug-likeness (QED) is 0.285. The number of pyridine rings is 1. The highest BCUT2D eigenvalue weighted by Gasteiger charge is 2.28. The molecule has 4 rings (SSSR count). The summed E-state index contributed by atoms with van der Waals surface area (Å²) in [6.45, 7) is 17.5. The van der Waals surface area contributed by atoms with Crippen molar-refractivity contribution in [2.75, 3.05) is 5.32 Å². The largest absolute Gasteiger partial charge is 0.365 e. The first-order valence-corrected chi connectivity index (χ1v) is 12.7. The van der Waals surface area contributed by atoms with E-state index in [1.165, 1.54) is 11.1 Å². The van der Waals surface area contributed by atoms with Crippen molar-refractivity contribution < 1.29 is 4.52 Å². The van der Waals surface area contributed by atoms with Crippen LogP contribution in [0.4, 0.5) is 5.82 Å². The molecule has 0 saturated carbocycles. The Labute approximate surface area is 210 Å². The molecule has 0 aliphatic heterocycles. The molecular formula is C30H40N4O. The van der Waals surface area contributed by atoms with Crippen LogP contribution in [0.25, 0.3) is 16.8 Å². The van der Waals surface area contributed by atoms with Crippen molar-refractivity contribution in [2.24, 2.45) is 5.41 Å². The molecule has 0 aliphatic rings. The molecule has 1 aromatic carbocycles. The Kier molecular flexibility index (Phi) is 6.81. The third-order valence-electron chi connectivity index (χ3n) is 6.45. The van der Waals surface area contributed by atoms with Crippen molar-refractivity contribution in [3.63, 3.8) is 0 Å². The van der Waals surface area contributed by atoms with Gasteiger partial charge >= 0.3 is 0 Å². The fraction of sp³-hybridized carbons (Fsp3) is 0.467. The van der Waals surface area contributed by atoms with Gasteiger partial charge in [-0.2, -0.15) is 0 Å². The molecule has 0 atom stereocenters. The molecule has 3 aromatic heterocycles. The van der Waals surface area contributed by atoms with Gasteiger partial charge in [-0.15, -0.1) is 0 Å². The fourth-order valence-electron chi connectivity index (χ4n) is 5.36. The summed E-state index contributed by atoms with van der Waals surface area (Å²) in [5, 5.41) is 8.01. The van der Waals surface area contributed by atoms with E-state index in [1.54, 1.807) is 0 Å². The number of benzene rings is 1. The number of imidazole rings is 1. The molecule has 0 radical (unpaired) electrons. The highest BCUT2D eigenvalue weighted by Crippen LogP contribution is 2.33. The van der Waals surface area contributed by atoms with Gasteiger partial charge < -0.3 is 9.84 Å². The lowest BCUT2D eigenvalue weighted by Crippen LogP contribution is -2.36. The van der Waals surface area contributed by atoms with Crippen molar-refractivity contribution in [1.29, 1.82) is 0 Å². The molecule has 1 N–H and O–H groups in total. The van der Waals surface area contributed by atoms with Crippen LogP contribution in [0.15, 0.2) is 47.1 Å². The zero-order valence-corrected chi connectivity index (χ0v) is 22.6. The van der Waals surface area contributed by atoms with Crippen LogP contribution in [0.2, 0.25) is 0 Å². The maximum Gasteiger partial charge on any atom is 0.141 e. The number of aryl methyl sites for hydroxylation is 5. The maximum absolute atomic E-state index is 5.42. The van der Waals surface area contributed by atoms with E-state index in [0.29, 0.717) is 0 Å². The highest BCUT2D eigenvalue weighted by molar-refractivity contribution is 5.72. The van der Waals surface area contributed by atoms with Crippen molar-refractivity contribution in [1.82, 2.24) is 14.5 Å². The lowest BCUT2D eigenvalue weighted by atomic mass is 9.82. The van der Waals surface area contributed by atoms with Gasteiger partial charge in [0.15, 0.2) is 0 Å². The Hall–Kier alpha value is -3.08. The second kappa shape index (κ2) is 9.52. The smallest absolute Gasteiger partial charge is 0.141 e. The monoisotopic (exact) mass is 472 g/mol. The molecule has 5 nitrogen and oxygen atoms in total. The first kappa shape index (κ1) is 25.0. The minimum atomic E-state index is -0.0692. The van der Waals surface area contributed by atoms with E-state index in [-0.39, 0.29) is 11.0 Å². The number of nitrogens with one attached hydrogen (secondary N) is 1. The zero-order valence-electron chi connectivity index (χ0n) is 22.6. The Morgan fingerprint density at radius 3 is 2.29 bits per heavy atom. The predicted octanol–water partition coefficient (Wildman–Crippen LogP) is 7.72. The molecule has 0 aliphatic carbocycles. The molecule has 4 aromatic rings. The van der Waals surface area contributed by atoms with Gasteiger partial charge in [0.1, 0.15) is 17.2 Å². The summed E-state index contributed by atoms with van der Waals surface area (Å²) in [7, 11) is 0. The van der Waals surface area contributed by atoms with E-state index in [0.717, 1.165) is 65.4 Å². The topological polar surface area (TPSA) is 55.4 Å². The van der Waals surface area contributed by atoms with Gasteiger partial charge in [0.25, 0.3) is 0 Å². The van der Waals surface area contributed by atoms with Gasteiger partial charge in [-0.05, 0) is 89.0 Å². The van der Waals surface area contributed by atoms with Crippen LogP contribution in [0, 0.1) is 26.2 Å². The summed E-state index contributed by atoms with van der Waals surface area (Å²) in [6, 6.07) is 13.1. The normalized spacial score (nSPS) is 12.5. The van der Waals surface area contributed by atoms with Crippen molar-refractivity contribution in [3.8, 4) is 11.1 Å². The van der Waals surface area contributed by atoms with Gasteiger partial charge in [-0.1, -0.05) is 55.8 Å². The SMILES string of the molecule is Cc1ccc(CCCc2nc3cc(-c4c(C)noc4C)ccn3c2NC(C)(C)CC(C)(C)C)cc1. The van der Waals surface area contributed by atoms with Crippen LogP contribution >= 0.6 is 0 Å². The van der Waals surface area contributed by atoms with Crippen LogP contribution < -0.4 is 5.32 Å². The molecule has 3 heterocycles. The third-order valence-corrected chi connectivity index (χ3v) is 6.45. The minimum Gasteiger partial charge on any atom is -0.365 e. The second-order valence-corrected chi connectivity index (χ2v) is 11.8. The average Bonchev–Trinajstić information content (AvgIpc) is 3.26. The van der Waals surface area contributed by atoms with Gasteiger partial charge in [0.05, 0.1) is 11.4 Å². The summed E-state index contributed by atoms with van der Waals surface area (Å²) in [6.07, 6.45) is 6.20. The van der Waals surface area contributed by atoms with E-state index < -0.39 is 0 Å². The van der Waals surface area contributed by atoms with E-state index in [4.69, 9.17) is 9.51 Å². The maximum atomic E-state index is 5.42. The molecular weight excluding hydrogens is 432 g/mol. The summed E-state index contributed by atoms with van der Waals surface area (Å²) in [5.41, 5.74) is 7.94. The minimum absolute atomic E-state index is 0.0692. The third kappa shape index (κ3) is 5.95. The lowest BCUT2D eigenvalue weighted by molar-refractivity contribution is 0.301. The summed E-state index contributed by atoms with van der Waals surface area (Å²) < 4.78 is 7.62. The molecule has 0 fully saturated rings. The zero-order chi connectivity index (χ0) is 25.4. The lowest BCUT2D eigenvalue weighted by Gasteiger charge is -2.34. The average molecular weight is 473 g/mol. The molecule has 5 heteroatoms. The van der Waals surface area contributed by atoms with Crippen LogP contribution in [0.5, 0.6) is 0 Å². The molecule has 0 amide bonds. The van der Waals surface area contributed by atoms with Crippen LogP contribution in [-0.2, 0) is 12.8 Å². The number of fused-ring (bicyclic) bond motifs is 1. The van der Waals surface area contributed by atoms with Crippen molar-refractivity contribution in [3.05, 3.63) is 70.9 Å². The Balaban J connectivity index is 1.67. The molecule has 0 spiro atoms. The molecule has 35 heavy (non-hydrogen) atoms. The Morgan fingerprint density at radius 1 is 0.943 bits per heavy atom. The van der Waals surface area contributed by atoms with Crippen LogP contribution in [0.3, 0.4) is 0 Å². The van der Waals surface area contributed by atoms with Gasteiger partial charge in [-0.3, -0.25) is 4.40 Å². The summed E-state index contributed by atoms with van der Waals surface area (Å²) >= 11 is 0. The first-order valence-electron chi connectivity index (χ1n) is 12.7. The fourth-order valence-corrected chi connectivity index (χ4v) is 5.36. The second-order valence-electron chi connectivity index (χ2n) is 11.8. The van der Waals surface area contributed by atoms with E-state index >= 15 is 0 Å². The Bertz CT molecular complexity index is 1280. The van der Waals surface area contributed by atoms with Gasteiger partial charge in [0.2, 0.25) is 0 Å². The molecule has 186 valence electrons. The number of hydrogen-bond acceptors (Lipinski definition) is 4. The van der Waals surface area contributed by atoms with Crippen LogP contribution in [0.1, 0.15) is 75.7 Å². The van der Waals surface area contributed by atoms with E-state index in [9.17, 15) is 0 Å². The summed E-state index contributed by atoms with van der Waals surface area (Å²) in [5.74, 6) is 1.94. The standard InChI is InChI=1S/C30H40N4O/c1-20-12-14-23(15-13-20)10-9-11-25-28(32-30(7,8)19-29(4,5)6)34-17-16-24(18-26(34)31-25)27-21(2)33-35-22(27)3/h12-18,32H,9-11,19H2,1-8H3. The number of aromatic nitrogens is 3. The number of hydrogen-bond donors (Lipinski definition) is 1. The van der Waals surface area contributed by atoms with E-state index in [2.05, 4.69) is 99.0 Å². The molecule has 0 saturated heterocycles. The first-order chi connectivity index (χ1) is 16.4. The predicted molar refractivity (Wildman–Crippen MR) is 145 cm³/mol. The molecule has 0 unspecified atom stereocenters. The van der Waals surface area contributed by atoms with Gasteiger partial charge in [-0.25, -0.2) is 4.98 Å². The van der Waals surface area contributed by atoms with E-state index in [1.807, 2.05) is 13.8 Å². The van der Waals surface area contributed by atoms with Crippen LogP contribution in [-0.4, -0.2) is 20.1 Å². The number of rotatable bonds is 8. The van der Waals surface area contributed by atoms with Crippen molar-refractivity contribution >= 4 is 11.5 Å². The molecule has 0 bridgehead atoms. The highest BCUT2D eigenvalue weighted by atomic mass is 16.5. The summed E-state index contributed by atoms with van der Waals surface area (Å²) in [4.78, 5) is 5.12. The number of nitrogens with zero attached hydrogens (tertiary/aromatic N) is 3. The Morgan fingerprint density at radius 2 is 1.66 bits per heavy atom. The van der Waals surface area contributed by atoms with Crippen molar-refractivity contribution in [2.45, 2.75) is 86.6 Å². The van der Waals surface area contributed by atoms with Gasteiger partial charge in [0, 0.05) is 17.3 Å². The number of anilines is 1.